The Kier molecular flexibility index (Phi) is 3.21. The number of thiophene rings is 1. The second-order valence-corrected chi connectivity index (χ2v) is 6.11. The molecule has 6 heteroatoms. The number of aromatic nitrogens is 3. The Morgan fingerprint density at radius 1 is 1.50 bits per heavy atom. The van der Waals surface area contributed by atoms with E-state index in [1.165, 1.54) is 0 Å². The first-order chi connectivity index (χ1) is 8.39. The van der Waals surface area contributed by atoms with Crippen LogP contribution in [0.1, 0.15) is 41.8 Å². The van der Waals surface area contributed by atoms with Gasteiger partial charge in [-0.25, -0.2) is 9.48 Å². The number of carboxylic acids is 1. The van der Waals surface area contributed by atoms with Crippen LogP contribution in [0.3, 0.4) is 0 Å². The molecule has 0 radical (unpaired) electrons. The Labute approximate surface area is 109 Å². The van der Waals surface area contributed by atoms with Crippen molar-refractivity contribution in [2.45, 2.75) is 32.7 Å². The van der Waals surface area contributed by atoms with Gasteiger partial charge in [-0.15, -0.1) is 16.4 Å². The molecule has 0 unspecified atom stereocenters. The van der Waals surface area contributed by atoms with Gasteiger partial charge in [0.15, 0.2) is 5.69 Å². The molecule has 0 aromatic carbocycles. The zero-order valence-electron chi connectivity index (χ0n) is 10.5. The molecule has 5 nitrogen and oxygen atoms in total. The Morgan fingerprint density at radius 3 is 2.72 bits per heavy atom. The van der Waals surface area contributed by atoms with E-state index in [-0.39, 0.29) is 11.1 Å². The molecule has 96 valence electrons. The van der Waals surface area contributed by atoms with Gasteiger partial charge in [-0.05, 0) is 11.4 Å². The number of aromatic carboxylic acids is 1. The lowest BCUT2D eigenvalue weighted by Crippen LogP contribution is -2.22. The summed E-state index contributed by atoms with van der Waals surface area (Å²) < 4.78 is 1.68. The van der Waals surface area contributed by atoms with E-state index < -0.39 is 5.97 Å². The van der Waals surface area contributed by atoms with E-state index in [9.17, 15) is 4.79 Å². The number of rotatable bonds is 3. The van der Waals surface area contributed by atoms with Crippen molar-refractivity contribution in [3.05, 3.63) is 33.8 Å². The summed E-state index contributed by atoms with van der Waals surface area (Å²) in [4.78, 5) is 12.3. The molecule has 0 aliphatic heterocycles. The summed E-state index contributed by atoms with van der Waals surface area (Å²) in [7, 11) is 0. The van der Waals surface area contributed by atoms with Gasteiger partial charge < -0.3 is 5.11 Å². The van der Waals surface area contributed by atoms with E-state index >= 15 is 0 Å². The summed E-state index contributed by atoms with van der Waals surface area (Å²) in [6.07, 6.45) is 0. The normalized spacial score (nSPS) is 11.7. The van der Waals surface area contributed by atoms with Crippen LogP contribution in [0.25, 0.3) is 0 Å². The maximum absolute atomic E-state index is 11.2. The second-order valence-electron chi connectivity index (χ2n) is 5.08. The van der Waals surface area contributed by atoms with Gasteiger partial charge in [0.05, 0.1) is 12.2 Å². The van der Waals surface area contributed by atoms with Crippen molar-refractivity contribution in [2.75, 3.05) is 0 Å². The van der Waals surface area contributed by atoms with Crippen LogP contribution in [-0.2, 0) is 12.0 Å². The molecule has 1 N–H and O–H groups in total. The van der Waals surface area contributed by atoms with Crippen molar-refractivity contribution in [3.63, 3.8) is 0 Å². The third-order valence-corrected chi connectivity index (χ3v) is 3.39. The Bertz CT molecular complexity index is 552. The quantitative estimate of drug-likeness (QED) is 0.925. The van der Waals surface area contributed by atoms with E-state index in [4.69, 9.17) is 5.11 Å². The maximum Gasteiger partial charge on any atom is 0.358 e. The molecule has 0 fully saturated rings. The van der Waals surface area contributed by atoms with Crippen molar-refractivity contribution >= 4 is 17.3 Å². The number of hydrogen-bond acceptors (Lipinski definition) is 4. The fourth-order valence-corrected chi connectivity index (χ4v) is 2.55. The number of carboxylic acid groups (broad SMARTS) is 1. The molecule has 0 saturated heterocycles. The van der Waals surface area contributed by atoms with Gasteiger partial charge in [-0.1, -0.05) is 32.1 Å². The van der Waals surface area contributed by atoms with Crippen molar-refractivity contribution in [1.82, 2.24) is 15.0 Å². The highest BCUT2D eigenvalue weighted by Gasteiger charge is 2.28. The highest BCUT2D eigenvalue weighted by atomic mass is 32.1. The molecule has 2 rings (SSSR count). The molecule has 2 aromatic heterocycles. The van der Waals surface area contributed by atoms with Crippen LogP contribution in [-0.4, -0.2) is 26.1 Å². The monoisotopic (exact) mass is 265 g/mol. The Hall–Kier alpha value is -1.69. The highest BCUT2D eigenvalue weighted by Crippen LogP contribution is 2.25. The minimum atomic E-state index is -1.03. The van der Waals surface area contributed by atoms with Gasteiger partial charge in [0.25, 0.3) is 0 Å². The summed E-state index contributed by atoms with van der Waals surface area (Å²) in [5.41, 5.74) is 0.386. The summed E-state index contributed by atoms with van der Waals surface area (Å²) in [6.45, 7) is 6.44. The van der Waals surface area contributed by atoms with Crippen molar-refractivity contribution in [3.8, 4) is 0 Å². The standard InChI is InChI=1S/C12H15N3O2S/c1-12(2,3)10-9(11(16)17)13-14-15(10)7-8-5-4-6-18-8/h4-6H,7H2,1-3H3,(H,16,17). The number of hydrogen-bond donors (Lipinski definition) is 1. The fourth-order valence-electron chi connectivity index (χ4n) is 1.86. The van der Waals surface area contributed by atoms with Crippen LogP contribution in [0.5, 0.6) is 0 Å². The zero-order valence-corrected chi connectivity index (χ0v) is 11.4. The zero-order chi connectivity index (χ0) is 13.3. The van der Waals surface area contributed by atoms with Crippen LogP contribution in [0, 0.1) is 0 Å². The van der Waals surface area contributed by atoms with Crippen LogP contribution in [0.4, 0.5) is 0 Å². The average Bonchev–Trinajstić information content (AvgIpc) is 2.85. The minimum Gasteiger partial charge on any atom is -0.476 e. The molecule has 0 spiro atoms. The van der Waals surface area contributed by atoms with E-state index in [1.54, 1.807) is 16.0 Å². The third-order valence-electron chi connectivity index (χ3n) is 2.53. The van der Waals surface area contributed by atoms with Crippen molar-refractivity contribution < 1.29 is 9.90 Å². The smallest absolute Gasteiger partial charge is 0.358 e. The van der Waals surface area contributed by atoms with E-state index in [1.807, 2.05) is 38.3 Å². The van der Waals surface area contributed by atoms with Crippen molar-refractivity contribution in [2.24, 2.45) is 0 Å². The van der Waals surface area contributed by atoms with Crippen LogP contribution < -0.4 is 0 Å². The fraction of sp³-hybridized carbons (Fsp3) is 0.417. The molecule has 0 amide bonds. The summed E-state index contributed by atoms with van der Waals surface area (Å²) in [6, 6.07) is 3.96. The topological polar surface area (TPSA) is 68.0 Å². The summed E-state index contributed by atoms with van der Waals surface area (Å²) in [5, 5.41) is 18.9. The molecule has 2 heterocycles. The van der Waals surface area contributed by atoms with Crippen molar-refractivity contribution in [1.29, 1.82) is 0 Å². The predicted octanol–water partition coefficient (Wildman–Crippen LogP) is 2.38. The lowest BCUT2D eigenvalue weighted by Gasteiger charge is -2.20. The molecule has 18 heavy (non-hydrogen) atoms. The second kappa shape index (κ2) is 4.53. The Morgan fingerprint density at radius 2 is 2.22 bits per heavy atom. The molecular formula is C12H15N3O2S. The molecular weight excluding hydrogens is 250 g/mol. The van der Waals surface area contributed by atoms with Crippen LogP contribution in [0.15, 0.2) is 17.5 Å². The first kappa shape index (κ1) is 12.8. The third kappa shape index (κ3) is 2.43. The largest absolute Gasteiger partial charge is 0.476 e. The van der Waals surface area contributed by atoms with Gasteiger partial charge in [0.1, 0.15) is 0 Å². The van der Waals surface area contributed by atoms with Crippen LogP contribution >= 0.6 is 11.3 Å². The number of nitrogens with zero attached hydrogens (tertiary/aromatic N) is 3. The molecule has 0 aliphatic carbocycles. The molecule has 0 bridgehead atoms. The molecule has 2 aromatic rings. The van der Waals surface area contributed by atoms with Gasteiger partial charge in [0, 0.05) is 10.3 Å². The first-order valence-corrected chi connectivity index (χ1v) is 6.47. The first-order valence-electron chi connectivity index (χ1n) is 5.59. The lowest BCUT2D eigenvalue weighted by molar-refractivity contribution is 0.0687. The van der Waals surface area contributed by atoms with E-state index in [0.717, 1.165) is 4.88 Å². The molecule has 0 atom stereocenters. The van der Waals surface area contributed by atoms with Gasteiger partial charge in [-0.2, -0.15) is 0 Å². The summed E-state index contributed by atoms with van der Waals surface area (Å²) in [5.74, 6) is -1.03. The van der Waals surface area contributed by atoms with E-state index in [2.05, 4.69) is 10.3 Å². The number of carbonyl (C=O) groups is 1. The lowest BCUT2D eigenvalue weighted by atomic mass is 9.90. The summed E-state index contributed by atoms with van der Waals surface area (Å²) >= 11 is 1.62. The van der Waals surface area contributed by atoms with Gasteiger partial charge in [0.2, 0.25) is 0 Å². The van der Waals surface area contributed by atoms with Crippen LogP contribution in [0.2, 0.25) is 0 Å². The minimum absolute atomic E-state index is 0.0408. The average molecular weight is 265 g/mol. The van der Waals surface area contributed by atoms with Gasteiger partial charge >= 0.3 is 5.97 Å². The maximum atomic E-state index is 11.2. The predicted molar refractivity (Wildman–Crippen MR) is 69.1 cm³/mol. The van der Waals surface area contributed by atoms with Gasteiger partial charge in [-0.3, -0.25) is 0 Å². The Balaban J connectivity index is 2.45. The van der Waals surface area contributed by atoms with E-state index in [0.29, 0.717) is 12.2 Å². The molecule has 0 aliphatic rings. The highest BCUT2D eigenvalue weighted by molar-refractivity contribution is 7.09. The molecule has 0 saturated carbocycles. The SMILES string of the molecule is CC(C)(C)c1c(C(=O)O)nnn1Cc1cccs1.